The number of piperazine rings is 1. The van der Waals surface area contributed by atoms with Crippen molar-refractivity contribution in [2.75, 3.05) is 37.7 Å². The van der Waals surface area contributed by atoms with Crippen molar-refractivity contribution >= 4 is 22.9 Å². The van der Waals surface area contributed by atoms with Gasteiger partial charge in [0.05, 0.1) is 17.9 Å². The van der Waals surface area contributed by atoms with Crippen LogP contribution in [0.3, 0.4) is 0 Å². The number of aryl methyl sites for hydroxylation is 2. The maximum absolute atomic E-state index is 12.4. The summed E-state index contributed by atoms with van der Waals surface area (Å²) < 4.78 is 9.76. The molecular weight excluding hydrogens is 494 g/mol. The first-order chi connectivity index (χ1) is 19.0. The molecule has 1 atom stereocenters. The van der Waals surface area contributed by atoms with Crippen LogP contribution in [0.2, 0.25) is 0 Å². The van der Waals surface area contributed by atoms with E-state index < -0.39 is 0 Å². The van der Waals surface area contributed by atoms with E-state index in [2.05, 4.69) is 48.4 Å². The molecular formula is C28H37N9O2. The van der Waals surface area contributed by atoms with E-state index in [4.69, 9.17) is 9.72 Å². The molecule has 2 fully saturated rings. The lowest BCUT2D eigenvalue weighted by Gasteiger charge is -2.38. The van der Waals surface area contributed by atoms with Gasteiger partial charge in [-0.15, -0.1) is 0 Å². The number of nitrogens with zero attached hydrogens (tertiary/aromatic N) is 8. The van der Waals surface area contributed by atoms with Gasteiger partial charge in [0, 0.05) is 58.2 Å². The van der Waals surface area contributed by atoms with Crippen LogP contribution in [-0.4, -0.2) is 85.0 Å². The van der Waals surface area contributed by atoms with E-state index in [1.165, 1.54) is 19.3 Å². The fourth-order valence-corrected chi connectivity index (χ4v) is 5.85. The van der Waals surface area contributed by atoms with Crippen molar-refractivity contribution < 1.29 is 9.53 Å². The molecule has 206 valence electrons. The summed E-state index contributed by atoms with van der Waals surface area (Å²) >= 11 is 0. The second-order valence-electron chi connectivity index (χ2n) is 10.7. The second kappa shape index (κ2) is 11.2. The zero-order valence-corrected chi connectivity index (χ0v) is 22.8. The quantitative estimate of drug-likeness (QED) is 0.496. The predicted octanol–water partition coefficient (Wildman–Crippen LogP) is 2.56. The molecule has 3 aromatic heterocycles. The van der Waals surface area contributed by atoms with E-state index in [-0.39, 0.29) is 18.6 Å². The average Bonchev–Trinajstić information content (AvgIpc) is 3.55. The number of amides is 1. The summed E-state index contributed by atoms with van der Waals surface area (Å²) in [6.45, 7) is 3.48. The lowest BCUT2D eigenvalue weighted by molar-refractivity contribution is -0.127. The molecule has 1 amide bonds. The SMILES string of the molecule is Cn1cc(-c2nc3c(N4CCN(C5=CC(OCC(=O)NC6CCCCC6)CC=C5)CC4)ncnc3n2C)cn1. The standard InChI is InChI=1S/C28H37N9O2/c1-34-17-20(16-31-34)26-33-25-27(35(26)2)29-19-30-28(25)37-13-11-36(12-14-37)22-9-6-10-23(15-22)39-18-24(38)32-21-7-4-3-5-8-21/h6,9,15-17,19,21,23H,3-5,7-8,10-14,18H2,1-2H3,(H,32,38). The Morgan fingerprint density at radius 3 is 2.64 bits per heavy atom. The summed E-state index contributed by atoms with van der Waals surface area (Å²) in [7, 11) is 3.88. The number of carbonyl (C=O) groups excluding carboxylic acids is 1. The topological polar surface area (TPSA) is 106 Å². The van der Waals surface area contributed by atoms with E-state index in [0.717, 1.165) is 79.5 Å². The van der Waals surface area contributed by atoms with Crippen LogP contribution < -0.4 is 10.2 Å². The van der Waals surface area contributed by atoms with Gasteiger partial charge >= 0.3 is 0 Å². The average molecular weight is 532 g/mol. The first-order valence-corrected chi connectivity index (χ1v) is 14.0. The molecule has 1 unspecified atom stereocenters. The third-order valence-electron chi connectivity index (χ3n) is 7.96. The lowest BCUT2D eigenvalue weighted by atomic mass is 9.95. The molecule has 2 aliphatic carbocycles. The predicted molar refractivity (Wildman–Crippen MR) is 149 cm³/mol. The van der Waals surface area contributed by atoms with Gasteiger partial charge in [-0.1, -0.05) is 25.3 Å². The molecule has 0 radical (unpaired) electrons. The highest BCUT2D eigenvalue weighted by Crippen LogP contribution is 2.29. The summed E-state index contributed by atoms with van der Waals surface area (Å²) in [5, 5.41) is 7.43. The number of ether oxygens (including phenoxy) is 1. The maximum Gasteiger partial charge on any atom is 0.246 e. The number of allylic oxidation sites excluding steroid dienone is 1. The molecule has 11 nitrogen and oxygen atoms in total. The number of carbonyl (C=O) groups is 1. The summed E-state index contributed by atoms with van der Waals surface area (Å²) in [4.78, 5) is 31.1. The highest BCUT2D eigenvalue weighted by Gasteiger charge is 2.25. The fraction of sp³-hybridized carbons (Fsp3) is 0.536. The molecule has 0 spiro atoms. The van der Waals surface area contributed by atoms with Crippen molar-refractivity contribution in [3.8, 4) is 11.4 Å². The van der Waals surface area contributed by atoms with Crippen molar-refractivity contribution in [3.05, 3.63) is 42.6 Å². The Labute approximate surface area is 228 Å². The number of hydrogen-bond donors (Lipinski definition) is 1. The van der Waals surface area contributed by atoms with Gasteiger partial charge in [0.2, 0.25) is 5.91 Å². The molecule has 1 N–H and O–H groups in total. The molecule has 1 saturated heterocycles. The Hall–Kier alpha value is -3.73. The highest BCUT2D eigenvalue weighted by atomic mass is 16.5. The zero-order chi connectivity index (χ0) is 26.8. The first kappa shape index (κ1) is 25.5. The van der Waals surface area contributed by atoms with Crippen LogP contribution in [0.4, 0.5) is 5.82 Å². The monoisotopic (exact) mass is 531 g/mol. The van der Waals surface area contributed by atoms with Gasteiger partial charge in [0.1, 0.15) is 18.8 Å². The zero-order valence-electron chi connectivity index (χ0n) is 22.8. The minimum absolute atomic E-state index is 0.00242. The molecule has 1 aliphatic heterocycles. The van der Waals surface area contributed by atoms with Crippen LogP contribution in [0.25, 0.3) is 22.6 Å². The van der Waals surface area contributed by atoms with Gasteiger partial charge in [-0.3, -0.25) is 9.48 Å². The second-order valence-corrected chi connectivity index (χ2v) is 10.7. The summed E-state index contributed by atoms with van der Waals surface area (Å²) in [6, 6.07) is 0.313. The Morgan fingerprint density at radius 2 is 1.87 bits per heavy atom. The third-order valence-corrected chi connectivity index (χ3v) is 7.96. The van der Waals surface area contributed by atoms with Gasteiger partial charge < -0.3 is 24.4 Å². The number of fused-ring (bicyclic) bond motifs is 1. The smallest absolute Gasteiger partial charge is 0.246 e. The number of anilines is 1. The fourth-order valence-electron chi connectivity index (χ4n) is 5.85. The first-order valence-electron chi connectivity index (χ1n) is 14.0. The molecule has 11 heteroatoms. The Bertz CT molecular complexity index is 1380. The van der Waals surface area contributed by atoms with Gasteiger partial charge in [-0.2, -0.15) is 5.10 Å². The van der Waals surface area contributed by atoms with E-state index in [1.54, 1.807) is 11.0 Å². The molecule has 0 bridgehead atoms. The van der Waals surface area contributed by atoms with Gasteiger partial charge in [-0.05, 0) is 31.4 Å². The van der Waals surface area contributed by atoms with E-state index in [9.17, 15) is 4.79 Å². The Morgan fingerprint density at radius 1 is 1.08 bits per heavy atom. The van der Waals surface area contributed by atoms with E-state index in [1.807, 2.05) is 31.1 Å². The van der Waals surface area contributed by atoms with Crippen molar-refractivity contribution in [2.45, 2.75) is 50.7 Å². The highest BCUT2D eigenvalue weighted by molar-refractivity contribution is 5.86. The number of hydrogen-bond acceptors (Lipinski definition) is 8. The van der Waals surface area contributed by atoms with Crippen LogP contribution in [-0.2, 0) is 23.6 Å². The van der Waals surface area contributed by atoms with Gasteiger partial charge in [0.15, 0.2) is 17.0 Å². The Balaban J connectivity index is 1.07. The van der Waals surface area contributed by atoms with Crippen LogP contribution in [0.15, 0.2) is 42.6 Å². The normalized spacial score (nSPS) is 20.5. The summed E-state index contributed by atoms with van der Waals surface area (Å²) in [5.41, 5.74) is 3.73. The third kappa shape index (κ3) is 5.54. The van der Waals surface area contributed by atoms with Crippen LogP contribution >= 0.6 is 0 Å². The van der Waals surface area contributed by atoms with Crippen LogP contribution in [0, 0.1) is 0 Å². The number of nitrogens with one attached hydrogen (secondary N) is 1. The summed E-state index contributed by atoms with van der Waals surface area (Å²) in [5.74, 6) is 1.69. The number of aromatic nitrogens is 6. The number of imidazole rings is 1. The molecule has 0 aromatic carbocycles. The lowest BCUT2D eigenvalue weighted by Crippen LogP contribution is -2.46. The van der Waals surface area contributed by atoms with Gasteiger partial charge in [0.25, 0.3) is 0 Å². The number of rotatable bonds is 7. The van der Waals surface area contributed by atoms with Crippen molar-refractivity contribution in [2.24, 2.45) is 14.1 Å². The van der Waals surface area contributed by atoms with Gasteiger partial charge in [-0.25, -0.2) is 15.0 Å². The van der Waals surface area contributed by atoms with E-state index >= 15 is 0 Å². The molecule has 6 rings (SSSR count). The van der Waals surface area contributed by atoms with Crippen LogP contribution in [0.1, 0.15) is 38.5 Å². The molecule has 39 heavy (non-hydrogen) atoms. The van der Waals surface area contributed by atoms with Crippen molar-refractivity contribution in [3.63, 3.8) is 0 Å². The minimum atomic E-state index is -0.0824. The molecule has 3 aliphatic rings. The van der Waals surface area contributed by atoms with Crippen molar-refractivity contribution in [1.82, 2.24) is 39.5 Å². The minimum Gasteiger partial charge on any atom is -0.368 e. The van der Waals surface area contributed by atoms with Crippen LogP contribution in [0.5, 0.6) is 0 Å². The molecule has 1 saturated carbocycles. The largest absolute Gasteiger partial charge is 0.368 e. The Kier molecular flexibility index (Phi) is 7.32. The van der Waals surface area contributed by atoms with E-state index in [0.29, 0.717) is 6.04 Å². The molecule has 4 heterocycles. The summed E-state index contributed by atoms with van der Waals surface area (Å²) in [6.07, 6.45) is 18.4. The maximum atomic E-state index is 12.4. The van der Waals surface area contributed by atoms with Crippen molar-refractivity contribution in [1.29, 1.82) is 0 Å². The molecule has 3 aromatic rings.